The smallest absolute Gasteiger partial charge is 0.0417 e. The lowest BCUT2D eigenvalue weighted by atomic mass is 9.90. The van der Waals surface area contributed by atoms with Crippen molar-refractivity contribution in [3.63, 3.8) is 0 Å². The van der Waals surface area contributed by atoms with E-state index < -0.39 is 0 Å². The molecule has 1 aliphatic rings. The molecule has 0 aliphatic carbocycles. The number of halogens is 4. The number of hydrogen-bond donors (Lipinski definition) is 1. The van der Waals surface area contributed by atoms with Crippen LogP contribution >= 0.6 is 52.3 Å². The van der Waals surface area contributed by atoms with Crippen molar-refractivity contribution in [2.24, 2.45) is 5.92 Å². The molecule has 1 saturated heterocycles. The van der Waals surface area contributed by atoms with Crippen molar-refractivity contribution in [1.82, 2.24) is 10.2 Å². The fourth-order valence-electron chi connectivity index (χ4n) is 2.79. The molecule has 1 unspecified atom stereocenters. The lowest BCUT2D eigenvalue weighted by molar-refractivity contribution is 0.128. The summed E-state index contributed by atoms with van der Waals surface area (Å²) in [5.74, 6) is 0.635. The third-order valence-electron chi connectivity index (χ3n) is 4.01. The minimum atomic E-state index is 0. The Hall–Kier alpha value is 0.490. The second kappa shape index (κ2) is 10.3. The van der Waals surface area contributed by atoms with Crippen molar-refractivity contribution in [2.45, 2.75) is 26.3 Å². The minimum Gasteiger partial charge on any atom is -0.314 e. The first-order chi connectivity index (χ1) is 9.13. The zero-order valence-electron chi connectivity index (χ0n) is 12.4. The molecule has 1 aliphatic heterocycles. The zero-order chi connectivity index (χ0) is 13.8. The van der Waals surface area contributed by atoms with Crippen LogP contribution in [0.1, 0.15) is 31.9 Å². The molecular formula is C15H24BrCl3N2. The second-order valence-electron chi connectivity index (χ2n) is 5.28. The van der Waals surface area contributed by atoms with E-state index in [4.69, 9.17) is 11.6 Å². The Kier molecular flexibility index (Phi) is 10.5. The zero-order valence-corrected chi connectivity index (χ0v) is 16.4. The number of hydrogen-bond acceptors (Lipinski definition) is 2. The first-order valence-electron chi connectivity index (χ1n) is 7.03. The summed E-state index contributed by atoms with van der Waals surface area (Å²) in [6.07, 6.45) is 1.18. The topological polar surface area (TPSA) is 15.3 Å². The summed E-state index contributed by atoms with van der Waals surface area (Å²) in [4.78, 5) is 2.60. The van der Waals surface area contributed by atoms with Crippen molar-refractivity contribution in [1.29, 1.82) is 0 Å². The maximum atomic E-state index is 6.07. The van der Waals surface area contributed by atoms with Gasteiger partial charge in [0.05, 0.1) is 0 Å². The van der Waals surface area contributed by atoms with Crippen molar-refractivity contribution in [3.8, 4) is 0 Å². The van der Waals surface area contributed by atoms with Crippen LogP contribution in [-0.4, -0.2) is 31.1 Å². The molecule has 1 aromatic carbocycles. The van der Waals surface area contributed by atoms with Gasteiger partial charge in [-0.05, 0) is 23.6 Å². The third kappa shape index (κ3) is 5.56. The monoisotopic (exact) mass is 416 g/mol. The van der Waals surface area contributed by atoms with Gasteiger partial charge in [-0.15, -0.1) is 24.8 Å². The lowest BCUT2D eigenvalue weighted by Crippen LogP contribution is -2.46. The van der Waals surface area contributed by atoms with E-state index in [9.17, 15) is 0 Å². The molecule has 1 heterocycles. The van der Waals surface area contributed by atoms with E-state index in [1.165, 1.54) is 12.0 Å². The molecule has 1 aromatic rings. The molecule has 0 radical (unpaired) electrons. The van der Waals surface area contributed by atoms with Gasteiger partial charge in [-0.3, -0.25) is 4.90 Å². The van der Waals surface area contributed by atoms with Gasteiger partial charge in [0.15, 0.2) is 0 Å². The third-order valence-corrected chi connectivity index (χ3v) is 4.93. The van der Waals surface area contributed by atoms with E-state index in [0.29, 0.717) is 12.0 Å². The van der Waals surface area contributed by atoms with Gasteiger partial charge >= 0.3 is 0 Å². The molecule has 1 N–H and O–H groups in total. The van der Waals surface area contributed by atoms with E-state index in [1.807, 2.05) is 12.1 Å². The summed E-state index contributed by atoms with van der Waals surface area (Å²) in [6.45, 7) is 9.00. The summed E-state index contributed by atoms with van der Waals surface area (Å²) in [5.41, 5.74) is 1.36. The summed E-state index contributed by atoms with van der Waals surface area (Å²) >= 11 is 9.75. The quantitative estimate of drug-likeness (QED) is 0.745. The van der Waals surface area contributed by atoms with Gasteiger partial charge in [-0.1, -0.05) is 53.9 Å². The van der Waals surface area contributed by atoms with E-state index in [-0.39, 0.29) is 24.8 Å². The molecule has 122 valence electrons. The number of nitrogens with zero attached hydrogens (tertiary/aromatic N) is 1. The summed E-state index contributed by atoms with van der Waals surface area (Å²) in [7, 11) is 0. The van der Waals surface area contributed by atoms with Gasteiger partial charge in [-0.25, -0.2) is 0 Å². The fourth-order valence-corrected chi connectivity index (χ4v) is 3.71. The molecule has 0 saturated carbocycles. The Labute approximate surface area is 153 Å². The Balaban J connectivity index is 0.00000200. The van der Waals surface area contributed by atoms with Crippen LogP contribution in [0.2, 0.25) is 5.02 Å². The largest absolute Gasteiger partial charge is 0.314 e. The van der Waals surface area contributed by atoms with E-state index in [1.54, 1.807) is 0 Å². The van der Waals surface area contributed by atoms with Crippen molar-refractivity contribution in [3.05, 3.63) is 33.3 Å². The highest BCUT2D eigenvalue weighted by atomic mass is 79.9. The molecular weight excluding hydrogens is 394 g/mol. The predicted molar refractivity (Wildman–Crippen MR) is 100 cm³/mol. The van der Waals surface area contributed by atoms with Crippen molar-refractivity contribution in [2.75, 3.05) is 26.2 Å². The van der Waals surface area contributed by atoms with Crippen molar-refractivity contribution < 1.29 is 0 Å². The maximum absolute atomic E-state index is 6.07. The lowest BCUT2D eigenvalue weighted by Gasteiger charge is -2.39. The molecule has 0 spiro atoms. The van der Waals surface area contributed by atoms with Gasteiger partial charge < -0.3 is 5.32 Å². The number of nitrogens with one attached hydrogen (secondary N) is 1. The van der Waals surface area contributed by atoms with Crippen LogP contribution < -0.4 is 5.32 Å². The van der Waals surface area contributed by atoms with E-state index in [2.05, 4.69) is 46.1 Å². The van der Waals surface area contributed by atoms with Crippen LogP contribution in [0.5, 0.6) is 0 Å². The Bertz CT molecular complexity index is 425. The fraction of sp³-hybridized carbons (Fsp3) is 0.600. The second-order valence-corrected chi connectivity index (χ2v) is 6.57. The van der Waals surface area contributed by atoms with Crippen LogP contribution in [0.15, 0.2) is 22.7 Å². The maximum Gasteiger partial charge on any atom is 0.0417 e. The Morgan fingerprint density at radius 1 is 1.29 bits per heavy atom. The molecule has 0 aromatic heterocycles. The van der Waals surface area contributed by atoms with Gasteiger partial charge in [0.25, 0.3) is 0 Å². The number of benzene rings is 1. The van der Waals surface area contributed by atoms with Crippen molar-refractivity contribution >= 4 is 52.3 Å². The van der Waals surface area contributed by atoms with Crippen LogP contribution in [0.25, 0.3) is 0 Å². The SMILES string of the molecule is CCC(C)[C@H](c1ccc(Cl)cc1Br)N1CCNCC1.Cl.Cl. The number of rotatable bonds is 4. The molecule has 21 heavy (non-hydrogen) atoms. The summed E-state index contributed by atoms with van der Waals surface area (Å²) in [6, 6.07) is 6.65. The average Bonchev–Trinajstić information content (AvgIpc) is 2.42. The van der Waals surface area contributed by atoms with Crippen LogP contribution in [-0.2, 0) is 0 Å². The molecule has 2 nitrogen and oxygen atoms in total. The predicted octanol–water partition coefficient (Wildman–Crippen LogP) is 4.94. The normalized spacial score (nSPS) is 18.3. The van der Waals surface area contributed by atoms with Gasteiger partial charge in [0.2, 0.25) is 0 Å². The molecule has 0 bridgehead atoms. The first-order valence-corrected chi connectivity index (χ1v) is 8.20. The Morgan fingerprint density at radius 3 is 2.43 bits per heavy atom. The molecule has 0 amide bonds. The highest BCUT2D eigenvalue weighted by Gasteiger charge is 2.27. The molecule has 2 rings (SSSR count). The first kappa shape index (κ1) is 21.5. The Morgan fingerprint density at radius 2 is 1.90 bits per heavy atom. The highest BCUT2D eigenvalue weighted by Crippen LogP contribution is 2.36. The standard InChI is InChI=1S/C15H22BrClN2.2ClH/c1-3-11(2)15(19-8-6-18-7-9-19)13-5-4-12(17)10-14(13)16;;/h4-5,10-11,15,18H,3,6-9H2,1-2H3;2*1H/t11?,15-;;/m1../s1. The van der Waals surface area contributed by atoms with Gasteiger partial charge in [0, 0.05) is 41.7 Å². The molecule has 1 fully saturated rings. The molecule has 6 heteroatoms. The molecule has 2 atom stereocenters. The summed E-state index contributed by atoms with van der Waals surface area (Å²) < 4.78 is 1.13. The van der Waals surface area contributed by atoms with Crippen LogP contribution in [0.3, 0.4) is 0 Å². The minimum absolute atomic E-state index is 0. The van der Waals surface area contributed by atoms with E-state index >= 15 is 0 Å². The number of piperazine rings is 1. The highest BCUT2D eigenvalue weighted by molar-refractivity contribution is 9.10. The van der Waals surface area contributed by atoms with E-state index in [0.717, 1.165) is 35.7 Å². The van der Waals surface area contributed by atoms with Crippen LogP contribution in [0.4, 0.5) is 0 Å². The van der Waals surface area contributed by atoms with Crippen LogP contribution in [0, 0.1) is 5.92 Å². The average molecular weight is 419 g/mol. The van der Waals surface area contributed by atoms with Gasteiger partial charge in [-0.2, -0.15) is 0 Å². The summed E-state index contributed by atoms with van der Waals surface area (Å²) in [5, 5.41) is 4.22. The van der Waals surface area contributed by atoms with Gasteiger partial charge in [0.1, 0.15) is 0 Å².